The van der Waals surface area contributed by atoms with Crippen LogP contribution in [0.3, 0.4) is 0 Å². The van der Waals surface area contributed by atoms with Gasteiger partial charge in [0.05, 0.1) is 6.61 Å². The molecule has 1 aliphatic rings. The minimum atomic E-state index is 0.627. The molecular formula is C12H20N4OS. The lowest BCUT2D eigenvalue weighted by atomic mass is 10.4. The highest BCUT2D eigenvalue weighted by molar-refractivity contribution is 7.99. The average Bonchev–Trinajstić information content (AvgIpc) is 2.41. The highest BCUT2D eigenvalue weighted by Gasteiger charge is 2.09. The monoisotopic (exact) mass is 268 g/mol. The van der Waals surface area contributed by atoms with Crippen molar-refractivity contribution in [1.82, 2.24) is 14.9 Å². The van der Waals surface area contributed by atoms with Crippen LogP contribution in [0.2, 0.25) is 0 Å². The average molecular weight is 268 g/mol. The molecule has 1 aliphatic heterocycles. The molecule has 0 bridgehead atoms. The Morgan fingerprint density at radius 2 is 2.28 bits per heavy atom. The summed E-state index contributed by atoms with van der Waals surface area (Å²) in [5.41, 5.74) is 0. The van der Waals surface area contributed by atoms with E-state index in [0.717, 1.165) is 13.1 Å². The first kappa shape index (κ1) is 13.4. The number of nitrogens with zero attached hydrogens (tertiary/aromatic N) is 3. The largest absolute Gasteiger partial charge is 0.478 e. The van der Waals surface area contributed by atoms with E-state index < -0.39 is 0 Å². The molecule has 0 atom stereocenters. The fourth-order valence-corrected chi connectivity index (χ4v) is 2.78. The highest BCUT2D eigenvalue weighted by atomic mass is 32.2. The maximum absolute atomic E-state index is 5.34. The van der Waals surface area contributed by atoms with Crippen LogP contribution >= 0.6 is 11.8 Å². The fraction of sp³-hybridized carbons (Fsp3) is 0.667. The zero-order valence-corrected chi connectivity index (χ0v) is 11.6. The van der Waals surface area contributed by atoms with Gasteiger partial charge in [-0.05, 0) is 6.92 Å². The topological polar surface area (TPSA) is 50.3 Å². The van der Waals surface area contributed by atoms with Crippen LogP contribution < -0.4 is 10.1 Å². The van der Waals surface area contributed by atoms with Crippen molar-refractivity contribution in [1.29, 1.82) is 0 Å². The summed E-state index contributed by atoms with van der Waals surface area (Å²) in [5, 5.41) is 3.24. The van der Waals surface area contributed by atoms with Gasteiger partial charge in [-0.25, -0.2) is 4.98 Å². The zero-order valence-electron chi connectivity index (χ0n) is 10.8. The molecule has 0 aliphatic carbocycles. The smallest absolute Gasteiger partial charge is 0.225 e. The summed E-state index contributed by atoms with van der Waals surface area (Å²) in [6.45, 7) is 6.87. The quantitative estimate of drug-likeness (QED) is 0.840. The molecule has 1 aromatic heterocycles. The highest BCUT2D eigenvalue weighted by Crippen LogP contribution is 2.09. The molecular weight excluding hydrogens is 248 g/mol. The molecule has 1 fully saturated rings. The van der Waals surface area contributed by atoms with Gasteiger partial charge in [-0.1, -0.05) is 0 Å². The van der Waals surface area contributed by atoms with E-state index in [0.29, 0.717) is 18.4 Å². The van der Waals surface area contributed by atoms with Gasteiger partial charge in [0, 0.05) is 49.9 Å². The molecule has 100 valence electrons. The van der Waals surface area contributed by atoms with E-state index in [4.69, 9.17) is 4.74 Å². The van der Waals surface area contributed by atoms with Crippen molar-refractivity contribution in [2.75, 3.05) is 49.6 Å². The number of hydrogen-bond acceptors (Lipinski definition) is 6. The first-order valence-corrected chi connectivity index (χ1v) is 7.54. The molecule has 5 nitrogen and oxygen atoms in total. The molecule has 1 aromatic rings. The Kier molecular flexibility index (Phi) is 5.54. The first-order valence-electron chi connectivity index (χ1n) is 6.38. The van der Waals surface area contributed by atoms with Crippen molar-refractivity contribution in [3.8, 4) is 5.88 Å². The molecule has 0 radical (unpaired) electrons. The second kappa shape index (κ2) is 7.43. The van der Waals surface area contributed by atoms with Crippen molar-refractivity contribution in [3.63, 3.8) is 0 Å². The number of hydrogen-bond donors (Lipinski definition) is 1. The molecule has 0 spiro atoms. The molecule has 6 heteroatoms. The molecule has 0 unspecified atom stereocenters. The van der Waals surface area contributed by atoms with Gasteiger partial charge < -0.3 is 10.1 Å². The summed E-state index contributed by atoms with van der Waals surface area (Å²) < 4.78 is 5.34. The molecule has 18 heavy (non-hydrogen) atoms. The van der Waals surface area contributed by atoms with Crippen LogP contribution in [0, 0.1) is 0 Å². The van der Waals surface area contributed by atoms with E-state index in [1.54, 1.807) is 12.3 Å². The predicted octanol–water partition coefficient (Wildman–Crippen LogP) is 1.34. The fourth-order valence-electron chi connectivity index (χ4n) is 1.81. The number of ether oxygens (including phenoxy) is 1. The van der Waals surface area contributed by atoms with Gasteiger partial charge in [0.2, 0.25) is 11.8 Å². The van der Waals surface area contributed by atoms with E-state index in [-0.39, 0.29) is 0 Å². The van der Waals surface area contributed by atoms with Crippen molar-refractivity contribution < 1.29 is 4.74 Å². The Balaban J connectivity index is 1.73. The summed E-state index contributed by atoms with van der Waals surface area (Å²) in [5.74, 6) is 3.77. The molecule has 0 amide bonds. The Labute approximate surface area is 112 Å². The van der Waals surface area contributed by atoms with Crippen LogP contribution in [0.25, 0.3) is 0 Å². The van der Waals surface area contributed by atoms with Crippen LogP contribution in [-0.4, -0.2) is 59.2 Å². The van der Waals surface area contributed by atoms with Crippen LogP contribution in [0.1, 0.15) is 6.92 Å². The third-order valence-corrected chi connectivity index (χ3v) is 3.68. The predicted molar refractivity (Wildman–Crippen MR) is 75.5 cm³/mol. The molecule has 0 aromatic carbocycles. The van der Waals surface area contributed by atoms with Crippen LogP contribution in [0.5, 0.6) is 5.88 Å². The molecule has 1 N–H and O–H groups in total. The van der Waals surface area contributed by atoms with Crippen LogP contribution in [0.15, 0.2) is 12.3 Å². The number of aromatic nitrogens is 2. The summed E-state index contributed by atoms with van der Waals surface area (Å²) in [7, 11) is 0. The third-order valence-electron chi connectivity index (χ3n) is 2.74. The molecule has 1 saturated heterocycles. The van der Waals surface area contributed by atoms with Gasteiger partial charge in [-0.3, -0.25) is 4.90 Å². The minimum Gasteiger partial charge on any atom is -0.478 e. The summed E-state index contributed by atoms with van der Waals surface area (Å²) >= 11 is 2.03. The molecule has 0 saturated carbocycles. The molecule has 2 rings (SSSR count). The second-order valence-corrected chi connectivity index (χ2v) is 5.26. The van der Waals surface area contributed by atoms with Crippen molar-refractivity contribution >= 4 is 17.7 Å². The number of rotatable bonds is 6. The van der Waals surface area contributed by atoms with Gasteiger partial charge in [0.1, 0.15) is 0 Å². The summed E-state index contributed by atoms with van der Waals surface area (Å²) in [6.07, 6.45) is 1.72. The Morgan fingerprint density at radius 3 is 3.06 bits per heavy atom. The maximum atomic E-state index is 5.34. The van der Waals surface area contributed by atoms with E-state index in [9.17, 15) is 0 Å². The zero-order chi connectivity index (χ0) is 12.6. The number of thioether (sulfide) groups is 1. The lowest BCUT2D eigenvalue weighted by molar-refractivity contribution is 0.314. The SMILES string of the molecule is CCOc1ccnc(NCCN2CCSCC2)n1. The van der Waals surface area contributed by atoms with Crippen LogP contribution in [-0.2, 0) is 0 Å². The number of nitrogens with one attached hydrogen (secondary N) is 1. The van der Waals surface area contributed by atoms with Gasteiger partial charge in [0.25, 0.3) is 0 Å². The standard InChI is InChI=1S/C12H20N4OS/c1-2-17-11-3-4-13-12(15-11)14-5-6-16-7-9-18-10-8-16/h3-4H,2,5-10H2,1H3,(H,13,14,15). The van der Waals surface area contributed by atoms with E-state index >= 15 is 0 Å². The molecule has 2 heterocycles. The Hall–Kier alpha value is -1.01. The van der Waals surface area contributed by atoms with Gasteiger partial charge in [-0.15, -0.1) is 0 Å². The van der Waals surface area contributed by atoms with Gasteiger partial charge in [-0.2, -0.15) is 16.7 Å². The normalized spacial score (nSPS) is 16.5. The minimum absolute atomic E-state index is 0.627. The number of anilines is 1. The van der Waals surface area contributed by atoms with Crippen molar-refractivity contribution in [2.45, 2.75) is 6.92 Å². The van der Waals surface area contributed by atoms with E-state index in [2.05, 4.69) is 20.2 Å². The van der Waals surface area contributed by atoms with Gasteiger partial charge >= 0.3 is 0 Å². The van der Waals surface area contributed by atoms with Crippen molar-refractivity contribution in [2.24, 2.45) is 0 Å². The lowest BCUT2D eigenvalue weighted by Crippen LogP contribution is -2.36. The first-order chi connectivity index (χ1) is 8.88. The van der Waals surface area contributed by atoms with E-state index in [1.165, 1.54) is 24.6 Å². The third kappa shape index (κ3) is 4.34. The lowest BCUT2D eigenvalue weighted by Gasteiger charge is -2.25. The van der Waals surface area contributed by atoms with Crippen LogP contribution in [0.4, 0.5) is 5.95 Å². The summed E-state index contributed by atoms with van der Waals surface area (Å²) in [4.78, 5) is 10.9. The van der Waals surface area contributed by atoms with Crippen molar-refractivity contribution in [3.05, 3.63) is 12.3 Å². The van der Waals surface area contributed by atoms with E-state index in [1.807, 2.05) is 18.7 Å². The van der Waals surface area contributed by atoms with Gasteiger partial charge in [0.15, 0.2) is 0 Å². The summed E-state index contributed by atoms with van der Waals surface area (Å²) in [6, 6.07) is 1.77. The Morgan fingerprint density at radius 1 is 1.44 bits per heavy atom. The Bertz CT molecular complexity index is 358. The second-order valence-electron chi connectivity index (χ2n) is 4.03. The maximum Gasteiger partial charge on any atom is 0.225 e.